The lowest BCUT2D eigenvalue weighted by Crippen LogP contribution is -2.15. The number of nitrogens with zero attached hydrogens (tertiary/aromatic N) is 2. The van der Waals surface area contributed by atoms with Gasteiger partial charge in [0.2, 0.25) is 0 Å². The third kappa shape index (κ3) is 3.36. The molecule has 0 radical (unpaired) electrons. The molecular formula is C19H14BrFN2O5. The molecule has 9 heteroatoms. The van der Waals surface area contributed by atoms with Crippen molar-refractivity contribution in [2.75, 3.05) is 14.2 Å². The number of para-hydroxylation sites is 1. The lowest BCUT2D eigenvalue weighted by molar-refractivity contribution is 0.0549. The molecule has 0 amide bonds. The second-order valence-electron chi connectivity index (χ2n) is 5.59. The number of aromatic hydroxyl groups is 1. The summed E-state index contributed by atoms with van der Waals surface area (Å²) in [4.78, 5) is 25.0. The summed E-state index contributed by atoms with van der Waals surface area (Å²) in [7, 11) is 2.29. The SMILES string of the molecule is COC(=O)c1c(-c2cc(F)c(Br)cc2O)nn(-c2ccccc2)c1C(=O)OC. The maximum absolute atomic E-state index is 14.1. The van der Waals surface area contributed by atoms with Gasteiger partial charge in [0.05, 0.1) is 24.4 Å². The summed E-state index contributed by atoms with van der Waals surface area (Å²) in [5.74, 6) is -2.76. The summed E-state index contributed by atoms with van der Waals surface area (Å²) >= 11 is 2.98. The molecule has 0 saturated heterocycles. The Balaban J connectivity index is 2.40. The normalized spacial score (nSPS) is 10.6. The number of aromatic nitrogens is 2. The van der Waals surface area contributed by atoms with Crippen molar-refractivity contribution in [1.82, 2.24) is 9.78 Å². The zero-order valence-corrected chi connectivity index (χ0v) is 16.4. The van der Waals surface area contributed by atoms with Crippen molar-refractivity contribution < 1.29 is 28.6 Å². The van der Waals surface area contributed by atoms with Crippen LogP contribution in [0.15, 0.2) is 46.9 Å². The highest BCUT2D eigenvalue weighted by molar-refractivity contribution is 9.10. The third-order valence-electron chi connectivity index (χ3n) is 3.95. The molecule has 1 aromatic heterocycles. The van der Waals surface area contributed by atoms with Crippen LogP contribution >= 0.6 is 15.9 Å². The number of hydrogen-bond donors (Lipinski definition) is 1. The van der Waals surface area contributed by atoms with Crippen LogP contribution < -0.4 is 0 Å². The quantitative estimate of drug-likeness (QED) is 0.611. The number of esters is 2. The smallest absolute Gasteiger partial charge is 0.357 e. The molecule has 28 heavy (non-hydrogen) atoms. The lowest BCUT2D eigenvalue weighted by Gasteiger charge is -2.07. The Morgan fingerprint density at radius 3 is 2.36 bits per heavy atom. The van der Waals surface area contributed by atoms with E-state index in [-0.39, 0.29) is 32.7 Å². The fourth-order valence-electron chi connectivity index (χ4n) is 2.67. The first-order valence-electron chi connectivity index (χ1n) is 7.92. The van der Waals surface area contributed by atoms with E-state index >= 15 is 0 Å². The Morgan fingerprint density at radius 2 is 1.75 bits per heavy atom. The number of halogens is 2. The van der Waals surface area contributed by atoms with Gasteiger partial charge in [-0.25, -0.2) is 18.7 Å². The second-order valence-corrected chi connectivity index (χ2v) is 6.44. The van der Waals surface area contributed by atoms with Crippen LogP contribution in [0.25, 0.3) is 16.9 Å². The monoisotopic (exact) mass is 448 g/mol. The van der Waals surface area contributed by atoms with Gasteiger partial charge in [-0.3, -0.25) is 0 Å². The van der Waals surface area contributed by atoms with E-state index in [1.807, 2.05) is 0 Å². The number of hydrogen-bond acceptors (Lipinski definition) is 6. The molecule has 0 atom stereocenters. The Hall–Kier alpha value is -3.20. The van der Waals surface area contributed by atoms with Crippen LogP contribution in [0.2, 0.25) is 0 Å². The first-order valence-corrected chi connectivity index (χ1v) is 8.71. The minimum Gasteiger partial charge on any atom is -0.507 e. The fraction of sp³-hybridized carbons (Fsp3) is 0.105. The largest absolute Gasteiger partial charge is 0.507 e. The van der Waals surface area contributed by atoms with Gasteiger partial charge in [0.25, 0.3) is 0 Å². The second kappa shape index (κ2) is 7.81. The lowest BCUT2D eigenvalue weighted by atomic mass is 10.0. The zero-order valence-electron chi connectivity index (χ0n) is 14.8. The van der Waals surface area contributed by atoms with Crippen molar-refractivity contribution in [3.63, 3.8) is 0 Å². The molecule has 0 bridgehead atoms. The molecule has 2 aromatic carbocycles. The van der Waals surface area contributed by atoms with E-state index in [1.54, 1.807) is 30.3 Å². The Kier molecular flexibility index (Phi) is 5.46. The van der Waals surface area contributed by atoms with Gasteiger partial charge in [-0.05, 0) is 40.2 Å². The highest BCUT2D eigenvalue weighted by atomic mass is 79.9. The topological polar surface area (TPSA) is 90.6 Å². The molecular weight excluding hydrogens is 435 g/mol. The molecule has 0 spiro atoms. The van der Waals surface area contributed by atoms with Gasteiger partial charge in [-0.2, -0.15) is 5.10 Å². The summed E-state index contributed by atoms with van der Waals surface area (Å²) in [6, 6.07) is 10.6. The molecule has 0 aliphatic carbocycles. The average molecular weight is 449 g/mol. The van der Waals surface area contributed by atoms with Gasteiger partial charge in [0, 0.05) is 5.56 Å². The number of ether oxygens (including phenoxy) is 2. The molecule has 0 aliphatic rings. The van der Waals surface area contributed by atoms with E-state index in [9.17, 15) is 19.1 Å². The van der Waals surface area contributed by atoms with Gasteiger partial charge in [-0.1, -0.05) is 18.2 Å². The molecule has 144 valence electrons. The summed E-state index contributed by atoms with van der Waals surface area (Å²) in [6.07, 6.45) is 0. The molecule has 0 unspecified atom stereocenters. The predicted molar refractivity (Wildman–Crippen MR) is 101 cm³/mol. The Labute approximate surface area is 167 Å². The van der Waals surface area contributed by atoms with Gasteiger partial charge < -0.3 is 14.6 Å². The Morgan fingerprint density at radius 1 is 1.11 bits per heavy atom. The molecule has 0 aliphatic heterocycles. The molecule has 1 N–H and O–H groups in total. The third-order valence-corrected chi connectivity index (χ3v) is 4.56. The van der Waals surface area contributed by atoms with Crippen molar-refractivity contribution in [1.29, 1.82) is 0 Å². The van der Waals surface area contributed by atoms with Crippen LogP contribution in [-0.2, 0) is 9.47 Å². The summed E-state index contributed by atoms with van der Waals surface area (Å²) in [6.45, 7) is 0. The number of carbonyl (C=O) groups excluding carboxylic acids is 2. The van der Waals surface area contributed by atoms with Crippen LogP contribution in [0, 0.1) is 5.82 Å². The van der Waals surface area contributed by atoms with Crippen molar-refractivity contribution in [2.45, 2.75) is 0 Å². The van der Waals surface area contributed by atoms with Crippen LogP contribution in [0.3, 0.4) is 0 Å². The first-order chi connectivity index (χ1) is 13.4. The van der Waals surface area contributed by atoms with Gasteiger partial charge in [-0.15, -0.1) is 0 Å². The summed E-state index contributed by atoms with van der Waals surface area (Å²) in [5, 5.41) is 14.6. The minimum atomic E-state index is -0.889. The maximum atomic E-state index is 14.1. The number of carbonyl (C=O) groups is 2. The van der Waals surface area contributed by atoms with Crippen molar-refractivity contribution in [3.8, 4) is 22.7 Å². The summed E-state index contributed by atoms with van der Waals surface area (Å²) < 4.78 is 24.9. The number of benzene rings is 2. The number of phenolic OH excluding ortho intramolecular Hbond substituents is 1. The fourth-order valence-corrected chi connectivity index (χ4v) is 3.00. The molecule has 3 rings (SSSR count). The highest BCUT2D eigenvalue weighted by Crippen LogP contribution is 2.37. The molecule has 0 fully saturated rings. The van der Waals surface area contributed by atoms with Crippen LogP contribution in [-0.4, -0.2) is 41.0 Å². The number of phenols is 1. The maximum Gasteiger partial charge on any atom is 0.357 e. The summed E-state index contributed by atoms with van der Waals surface area (Å²) in [5.41, 5.74) is -0.217. The standard InChI is InChI=1S/C19H14BrFN2O5/c1-27-18(25)15-16(11-8-13(21)12(20)9-14(11)24)22-23(17(15)19(26)28-2)10-6-4-3-5-7-10/h3-9,24H,1-2H3. The van der Waals surface area contributed by atoms with Crippen molar-refractivity contribution >= 4 is 27.9 Å². The van der Waals surface area contributed by atoms with Crippen LogP contribution in [0.5, 0.6) is 5.75 Å². The molecule has 0 saturated carbocycles. The van der Waals surface area contributed by atoms with Gasteiger partial charge in [0.15, 0.2) is 5.69 Å². The van der Waals surface area contributed by atoms with Crippen molar-refractivity contribution in [3.05, 3.63) is 64.0 Å². The minimum absolute atomic E-state index is 0.0315. The first kappa shape index (κ1) is 19.6. The molecule has 1 heterocycles. The molecule has 3 aromatic rings. The van der Waals surface area contributed by atoms with Crippen molar-refractivity contribution in [2.24, 2.45) is 0 Å². The van der Waals surface area contributed by atoms with Gasteiger partial charge in [0.1, 0.15) is 22.8 Å². The molecule has 7 nitrogen and oxygen atoms in total. The van der Waals surface area contributed by atoms with Gasteiger partial charge >= 0.3 is 11.9 Å². The highest BCUT2D eigenvalue weighted by Gasteiger charge is 2.32. The zero-order chi connectivity index (χ0) is 20.4. The Bertz CT molecular complexity index is 1070. The van der Waals surface area contributed by atoms with E-state index in [2.05, 4.69) is 21.0 Å². The average Bonchev–Trinajstić information content (AvgIpc) is 3.10. The van der Waals surface area contributed by atoms with E-state index in [4.69, 9.17) is 9.47 Å². The van der Waals surface area contributed by atoms with E-state index in [1.165, 1.54) is 4.68 Å². The number of rotatable bonds is 4. The van der Waals surface area contributed by atoms with E-state index in [0.29, 0.717) is 5.69 Å². The van der Waals surface area contributed by atoms with Crippen LogP contribution in [0.1, 0.15) is 20.8 Å². The number of methoxy groups -OCH3 is 2. The van der Waals surface area contributed by atoms with E-state index < -0.39 is 17.8 Å². The van der Waals surface area contributed by atoms with Crippen LogP contribution in [0.4, 0.5) is 4.39 Å². The predicted octanol–water partition coefficient (Wildman–Crippen LogP) is 3.72. The van der Waals surface area contributed by atoms with E-state index in [0.717, 1.165) is 26.4 Å².